The molecule has 2 amide bonds. The molecule has 6 N–H and O–H groups in total. The highest BCUT2D eigenvalue weighted by atomic mass is 16.7. The lowest BCUT2D eigenvalue weighted by molar-refractivity contribution is -0.385. The van der Waals surface area contributed by atoms with Gasteiger partial charge in [-0.2, -0.15) is 0 Å². The van der Waals surface area contributed by atoms with Gasteiger partial charge in [0.25, 0.3) is 23.2 Å². The number of non-ortho nitro benzene ring substituents is 2. The van der Waals surface area contributed by atoms with Gasteiger partial charge in [-0.05, 0) is 54.3 Å². The number of rotatable bonds is 17. The van der Waals surface area contributed by atoms with Gasteiger partial charge < -0.3 is 55.1 Å². The number of ether oxygens (including phenoxy) is 4. The molecule has 0 saturated heterocycles. The number of fused-ring (bicyclic) bond motifs is 2. The molecular weight excluding hydrogens is 760 g/mol. The van der Waals surface area contributed by atoms with Crippen LogP contribution >= 0.6 is 0 Å². The van der Waals surface area contributed by atoms with Gasteiger partial charge in [-0.3, -0.25) is 29.8 Å². The Morgan fingerprint density at radius 3 is 1.78 bits per heavy atom. The molecule has 306 valence electrons. The van der Waals surface area contributed by atoms with Gasteiger partial charge >= 0.3 is 0 Å². The standard InChI is InChI=1S/C39H42N6O13/c1-21(2)31(17-46)40-29-7-6-25(44(51)52)12-27(29)38(49)42-30-14-26(45(53)54)13-28(37(30)41-32(18-47)22(3)48)39(50)43(15-23-4-8-33-35(10-23)57-19-55-33)16-24-5-9-34-36(11-24)58-20-56-34/h4-14,21-22,31-32,40-41,46-48H,15-20H2,1-3H3,(H,42,49)/t22-,31-,32-/m1/s1. The Hall–Kier alpha value is -6.70. The number of amides is 2. The van der Waals surface area contributed by atoms with Gasteiger partial charge in [0.2, 0.25) is 13.6 Å². The molecule has 0 aliphatic carbocycles. The SMILES string of the molecule is CC(C)[C@@H](CO)Nc1ccc([N+](=O)[O-])cc1C(=O)Nc1cc([N+](=O)[O-])cc(C(=O)N(Cc2ccc3c(c2)OCO3)Cc2ccc3c(c2)OCO3)c1N[C@H](CO)[C@@H](C)O. The number of carbonyl (C=O) groups excluding carboxylic acids is 2. The predicted molar refractivity (Wildman–Crippen MR) is 208 cm³/mol. The molecular formula is C39H42N6O13. The Kier molecular flexibility index (Phi) is 12.4. The van der Waals surface area contributed by atoms with Crippen molar-refractivity contribution in [3.05, 3.63) is 109 Å². The molecule has 0 spiro atoms. The molecule has 0 radical (unpaired) electrons. The molecule has 19 nitrogen and oxygen atoms in total. The average Bonchev–Trinajstić information content (AvgIpc) is 3.87. The highest BCUT2D eigenvalue weighted by molar-refractivity contribution is 6.12. The molecule has 2 aliphatic heterocycles. The van der Waals surface area contributed by atoms with Crippen molar-refractivity contribution in [1.82, 2.24) is 4.90 Å². The molecule has 0 fully saturated rings. The zero-order valence-electron chi connectivity index (χ0n) is 31.7. The number of hydrogen-bond acceptors (Lipinski definition) is 15. The Morgan fingerprint density at radius 1 is 0.707 bits per heavy atom. The predicted octanol–water partition coefficient (Wildman–Crippen LogP) is 4.64. The second-order valence-corrected chi connectivity index (χ2v) is 14.0. The minimum atomic E-state index is -1.23. The molecule has 0 aromatic heterocycles. The van der Waals surface area contributed by atoms with Gasteiger partial charge in [-0.15, -0.1) is 0 Å². The molecule has 0 unspecified atom stereocenters. The second-order valence-electron chi connectivity index (χ2n) is 14.0. The summed E-state index contributed by atoms with van der Waals surface area (Å²) in [7, 11) is 0. The third-order valence-corrected chi connectivity index (χ3v) is 9.63. The molecule has 58 heavy (non-hydrogen) atoms. The van der Waals surface area contributed by atoms with Crippen molar-refractivity contribution < 1.29 is 53.7 Å². The summed E-state index contributed by atoms with van der Waals surface area (Å²) >= 11 is 0. The fourth-order valence-corrected chi connectivity index (χ4v) is 6.32. The van der Waals surface area contributed by atoms with Crippen molar-refractivity contribution in [3.63, 3.8) is 0 Å². The lowest BCUT2D eigenvalue weighted by Crippen LogP contribution is -2.37. The number of anilines is 3. The van der Waals surface area contributed by atoms with E-state index in [9.17, 15) is 45.1 Å². The van der Waals surface area contributed by atoms with Crippen molar-refractivity contribution >= 4 is 40.3 Å². The van der Waals surface area contributed by atoms with Gasteiger partial charge in [0.1, 0.15) is 0 Å². The van der Waals surface area contributed by atoms with Gasteiger partial charge in [0.15, 0.2) is 23.0 Å². The summed E-state index contributed by atoms with van der Waals surface area (Å²) in [5.41, 5.74) is -0.787. The summed E-state index contributed by atoms with van der Waals surface area (Å²) in [6.45, 7) is 3.93. The van der Waals surface area contributed by atoms with E-state index in [1.54, 1.807) is 36.4 Å². The number of aliphatic hydroxyl groups excluding tert-OH is 3. The Morgan fingerprint density at radius 2 is 1.26 bits per heavy atom. The maximum Gasteiger partial charge on any atom is 0.272 e. The highest BCUT2D eigenvalue weighted by Crippen LogP contribution is 2.38. The lowest BCUT2D eigenvalue weighted by atomic mass is 10.0. The maximum atomic E-state index is 15.0. The van der Waals surface area contributed by atoms with Crippen LogP contribution in [0.2, 0.25) is 0 Å². The van der Waals surface area contributed by atoms with Crippen molar-refractivity contribution in [2.24, 2.45) is 5.92 Å². The molecule has 19 heteroatoms. The number of aliphatic hydroxyl groups is 3. The Bertz CT molecular complexity index is 2160. The van der Waals surface area contributed by atoms with Crippen molar-refractivity contribution in [2.75, 3.05) is 42.8 Å². The van der Waals surface area contributed by atoms with Crippen LogP contribution in [-0.4, -0.2) is 86.9 Å². The minimum Gasteiger partial charge on any atom is -0.454 e. The van der Waals surface area contributed by atoms with E-state index >= 15 is 0 Å². The monoisotopic (exact) mass is 802 g/mol. The Balaban J connectivity index is 1.47. The number of hydrogen-bond donors (Lipinski definition) is 6. The molecule has 4 aromatic carbocycles. The van der Waals surface area contributed by atoms with Gasteiger partial charge in [0.05, 0.1) is 63.7 Å². The molecule has 3 atom stereocenters. The van der Waals surface area contributed by atoms with Gasteiger partial charge in [0, 0.05) is 43.0 Å². The van der Waals surface area contributed by atoms with Crippen molar-refractivity contribution in [2.45, 2.75) is 52.0 Å². The molecule has 0 saturated carbocycles. The summed E-state index contributed by atoms with van der Waals surface area (Å²) < 4.78 is 22.0. The molecule has 2 heterocycles. The van der Waals surface area contributed by atoms with E-state index in [0.717, 1.165) is 18.2 Å². The van der Waals surface area contributed by atoms with Crippen LogP contribution in [0.1, 0.15) is 52.6 Å². The normalized spacial score (nSPS) is 14.1. The fourth-order valence-electron chi connectivity index (χ4n) is 6.32. The molecule has 0 bridgehead atoms. The average molecular weight is 803 g/mol. The quantitative estimate of drug-likeness (QED) is 0.0628. The van der Waals surface area contributed by atoms with E-state index in [4.69, 9.17) is 18.9 Å². The first kappa shape index (κ1) is 40.9. The molecule has 2 aliphatic rings. The van der Waals surface area contributed by atoms with Crippen LogP contribution in [0.3, 0.4) is 0 Å². The van der Waals surface area contributed by atoms with E-state index in [-0.39, 0.29) is 67.4 Å². The van der Waals surface area contributed by atoms with Crippen molar-refractivity contribution in [3.8, 4) is 23.0 Å². The summed E-state index contributed by atoms with van der Waals surface area (Å²) in [6, 6.07) is 14.0. The molecule has 6 rings (SSSR count). The maximum absolute atomic E-state index is 15.0. The van der Waals surface area contributed by atoms with E-state index < -0.39 is 57.8 Å². The third kappa shape index (κ3) is 9.12. The summed E-state index contributed by atoms with van der Waals surface area (Å²) in [4.78, 5) is 53.3. The highest BCUT2D eigenvalue weighted by Gasteiger charge is 2.30. The van der Waals surface area contributed by atoms with Crippen LogP contribution < -0.4 is 34.9 Å². The number of nitro benzene ring substituents is 2. The van der Waals surface area contributed by atoms with E-state index in [0.29, 0.717) is 34.1 Å². The lowest BCUT2D eigenvalue weighted by Gasteiger charge is -2.28. The smallest absolute Gasteiger partial charge is 0.272 e. The first-order chi connectivity index (χ1) is 27.8. The fraction of sp³-hybridized carbons (Fsp3) is 0.333. The third-order valence-electron chi connectivity index (χ3n) is 9.63. The van der Waals surface area contributed by atoms with Crippen LogP contribution in [-0.2, 0) is 13.1 Å². The summed E-state index contributed by atoms with van der Waals surface area (Å²) in [6.07, 6.45) is -1.23. The van der Waals surface area contributed by atoms with Gasteiger partial charge in [-0.25, -0.2) is 0 Å². The topological polar surface area (TPSA) is 257 Å². The largest absolute Gasteiger partial charge is 0.454 e. The number of nitrogens with zero attached hydrogens (tertiary/aromatic N) is 3. The van der Waals surface area contributed by atoms with Crippen LogP contribution in [0, 0.1) is 26.1 Å². The first-order valence-corrected chi connectivity index (χ1v) is 18.2. The number of nitrogens with one attached hydrogen (secondary N) is 3. The number of nitro groups is 2. The summed E-state index contributed by atoms with van der Waals surface area (Å²) in [5.74, 6) is 0.0535. The minimum absolute atomic E-state index is 0.0127. The van der Waals surface area contributed by atoms with Crippen LogP contribution in [0.15, 0.2) is 66.7 Å². The van der Waals surface area contributed by atoms with Crippen molar-refractivity contribution in [1.29, 1.82) is 0 Å². The number of benzene rings is 4. The van der Waals surface area contributed by atoms with E-state index in [1.165, 1.54) is 24.0 Å². The van der Waals surface area contributed by atoms with E-state index in [1.807, 2.05) is 13.8 Å². The van der Waals surface area contributed by atoms with Crippen LogP contribution in [0.5, 0.6) is 23.0 Å². The first-order valence-electron chi connectivity index (χ1n) is 18.2. The van der Waals surface area contributed by atoms with Crippen LogP contribution in [0.4, 0.5) is 28.4 Å². The zero-order chi connectivity index (χ0) is 41.7. The second kappa shape index (κ2) is 17.6. The van der Waals surface area contributed by atoms with Crippen LogP contribution in [0.25, 0.3) is 0 Å². The zero-order valence-corrected chi connectivity index (χ0v) is 31.7. The van der Waals surface area contributed by atoms with Gasteiger partial charge in [-0.1, -0.05) is 26.0 Å². The van der Waals surface area contributed by atoms with E-state index in [2.05, 4.69) is 16.0 Å². The molecule has 4 aromatic rings. The summed E-state index contributed by atoms with van der Waals surface area (Å²) in [5, 5.41) is 63.6. The number of carbonyl (C=O) groups is 2. The Labute approximate surface area is 331 Å².